The number of benzene rings is 1. The van der Waals surface area contributed by atoms with Gasteiger partial charge in [-0.15, -0.1) is 0 Å². The number of carboxylic acid groups (broad SMARTS) is 1. The lowest BCUT2D eigenvalue weighted by Crippen LogP contribution is -2.47. The van der Waals surface area contributed by atoms with E-state index in [0.29, 0.717) is 5.65 Å². The number of nitrogens with zero attached hydrogens (tertiary/aromatic N) is 4. The van der Waals surface area contributed by atoms with Crippen molar-refractivity contribution >= 4 is 34.5 Å². The summed E-state index contributed by atoms with van der Waals surface area (Å²) >= 11 is 6.13. The average molecular weight is 517 g/mol. The first-order valence-corrected chi connectivity index (χ1v) is 11.9. The molecule has 11 heteroatoms. The predicted molar refractivity (Wildman–Crippen MR) is 133 cm³/mol. The van der Waals surface area contributed by atoms with Gasteiger partial charge in [0.25, 0.3) is 0 Å². The molecule has 4 rings (SSSR count). The molecule has 0 unspecified atom stereocenters. The van der Waals surface area contributed by atoms with Crippen LogP contribution in [0.5, 0.6) is 5.75 Å². The van der Waals surface area contributed by atoms with Crippen LogP contribution in [0.25, 0.3) is 11.0 Å². The van der Waals surface area contributed by atoms with Crippen LogP contribution in [-0.2, 0) is 0 Å². The average Bonchev–Trinajstić information content (AvgIpc) is 3.34. The Morgan fingerprint density at radius 2 is 1.92 bits per heavy atom. The number of aliphatic hydroxyl groups is 2. The van der Waals surface area contributed by atoms with E-state index in [0.717, 1.165) is 16.0 Å². The van der Waals surface area contributed by atoms with Crippen molar-refractivity contribution in [1.29, 1.82) is 0 Å². The van der Waals surface area contributed by atoms with Crippen LogP contribution in [0, 0.1) is 6.92 Å². The molecule has 192 valence electrons. The van der Waals surface area contributed by atoms with Crippen molar-refractivity contribution in [3.05, 3.63) is 53.1 Å². The van der Waals surface area contributed by atoms with Crippen molar-refractivity contribution in [2.75, 3.05) is 6.54 Å². The number of fused-ring (bicyclic) bond motifs is 1. The van der Waals surface area contributed by atoms with E-state index in [1.807, 2.05) is 13.0 Å². The number of aryl methyl sites for hydroxylation is 1. The minimum atomic E-state index is -1.24. The van der Waals surface area contributed by atoms with Gasteiger partial charge in [-0.05, 0) is 52.0 Å². The summed E-state index contributed by atoms with van der Waals surface area (Å²) in [6.45, 7) is 6.54. The van der Waals surface area contributed by atoms with E-state index in [2.05, 4.69) is 9.97 Å². The third kappa shape index (κ3) is 4.88. The molecular formula is C25H29ClN4O6. The van der Waals surface area contributed by atoms with Crippen LogP contribution in [0.4, 0.5) is 4.79 Å². The summed E-state index contributed by atoms with van der Waals surface area (Å²) in [6.07, 6.45) is -0.959. The number of Topliss-reactive ketones (excluding diaryl/α,β-unsaturated/α-hetero) is 1. The normalized spacial score (nSPS) is 22.1. The predicted octanol–water partition coefficient (Wildman–Crippen LogP) is 3.47. The number of ketones is 1. The van der Waals surface area contributed by atoms with E-state index in [-0.39, 0.29) is 22.8 Å². The van der Waals surface area contributed by atoms with E-state index >= 15 is 0 Å². The Balaban J connectivity index is 1.60. The largest absolute Gasteiger partial charge is 0.487 e. The number of hydrogen-bond acceptors (Lipinski definition) is 7. The van der Waals surface area contributed by atoms with Gasteiger partial charge in [-0.1, -0.05) is 11.6 Å². The van der Waals surface area contributed by atoms with Gasteiger partial charge in [0.2, 0.25) is 0 Å². The van der Waals surface area contributed by atoms with Gasteiger partial charge in [-0.2, -0.15) is 0 Å². The first-order valence-electron chi connectivity index (χ1n) is 11.5. The minimum absolute atomic E-state index is 0.0953. The van der Waals surface area contributed by atoms with Crippen LogP contribution in [0.1, 0.15) is 49.3 Å². The van der Waals surface area contributed by atoms with Gasteiger partial charge in [-0.3, -0.25) is 9.69 Å². The molecule has 0 aliphatic heterocycles. The van der Waals surface area contributed by atoms with Gasteiger partial charge >= 0.3 is 6.09 Å². The molecule has 0 radical (unpaired) electrons. The lowest BCUT2D eigenvalue weighted by atomic mass is 10.0. The molecule has 1 aliphatic carbocycles. The summed E-state index contributed by atoms with van der Waals surface area (Å²) in [5.41, 5.74) is 0.729. The quantitative estimate of drug-likeness (QED) is 0.423. The molecule has 3 N–H and O–H groups in total. The van der Waals surface area contributed by atoms with Crippen molar-refractivity contribution < 1.29 is 29.6 Å². The summed E-state index contributed by atoms with van der Waals surface area (Å²) in [5, 5.41) is 32.4. The maximum absolute atomic E-state index is 13.2. The zero-order chi connectivity index (χ0) is 26.4. The molecule has 0 saturated heterocycles. The fraction of sp³-hybridized carbons (Fsp3) is 0.440. The first-order chi connectivity index (χ1) is 16.9. The van der Waals surface area contributed by atoms with Gasteiger partial charge in [0.15, 0.2) is 5.78 Å². The number of aromatic nitrogens is 3. The fourth-order valence-electron chi connectivity index (χ4n) is 4.53. The molecular weight excluding hydrogens is 488 g/mol. The molecule has 0 spiro atoms. The number of ether oxygens (including phenoxy) is 1. The van der Waals surface area contributed by atoms with E-state index in [9.17, 15) is 24.9 Å². The molecule has 1 fully saturated rings. The molecule has 1 aliphatic rings. The topological polar surface area (TPSA) is 138 Å². The molecule has 10 nitrogen and oxygen atoms in total. The molecule has 1 aromatic carbocycles. The summed E-state index contributed by atoms with van der Waals surface area (Å²) < 4.78 is 7.85. The Kier molecular flexibility index (Phi) is 6.96. The van der Waals surface area contributed by atoms with Crippen molar-refractivity contribution in [2.45, 2.75) is 64.0 Å². The smallest absolute Gasteiger partial charge is 0.408 e. The van der Waals surface area contributed by atoms with Crippen molar-refractivity contribution in [2.24, 2.45) is 0 Å². The third-order valence-electron chi connectivity index (χ3n) is 6.53. The number of carbonyl (C=O) groups excluding carboxylic acids is 1. The zero-order valence-electron chi connectivity index (χ0n) is 20.4. The second-order valence-corrected chi connectivity index (χ2v) is 10.4. The highest BCUT2D eigenvalue weighted by Gasteiger charge is 2.45. The van der Waals surface area contributed by atoms with E-state index < -0.39 is 48.3 Å². The summed E-state index contributed by atoms with van der Waals surface area (Å²) in [5.74, 6) is -0.353. The Bertz CT molecular complexity index is 1300. The molecule has 36 heavy (non-hydrogen) atoms. The van der Waals surface area contributed by atoms with Crippen LogP contribution >= 0.6 is 11.6 Å². The molecule has 1 amide bonds. The van der Waals surface area contributed by atoms with Crippen molar-refractivity contribution in [1.82, 2.24) is 19.4 Å². The summed E-state index contributed by atoms with van der Waals surface area (Å²) in [7, 11) is 0. The SMILES string of the molecule is Cc1ncnc2c1ccn2[C@@H]1C[C@H](Oc2ccc(Cl)cc2C(=O)CN(C(=O)O)C(C)(C)C)[C@@H](O)[C@H]1O. The lowest BCUT2D eigenvalue weighted by Gasteiger charge is -2.32. The summed E-state index contributed by atoms with van der Waals surface area (Å²) in [6, 6.07) is 5.80. The number of carbonyl (C=O) groups is 2. The Labute approximate surface area is 213 Å². The van der Waals surface area contributed by atoms with Gasteiger partial charge in [0.1, 0.15) is 36.0 Å². The van der Waals surface area contributed by atoms with Crippen LogP contribution in [-0.4, -0.2) is 77.0 Å². The first kappa shape index (κ1) is 25.9. The number of aliphatic hydroxyl groups excluding tert-OH is 2. The lowest BCUT2D eigenvalue weighted by molar-refractivity contribution is -0.0165. The van der Waals surface area contributed by atoms with Gasteiger partial charge in [0.05, 0.1) is 23.8 Å². The maximum atomic E-state index is 13.2. The van der Waals surface area contributed by atoms with Crippen LogP contribution in [0.2, 0.25) is 5.02 Å². The molecule has 4 atom stereocenters. The second-order valence-electron chi connectivity index (χ2n) is 9.96. The fourth-order valence-corrected chi connectivity index (χ4v) is 4.70. The summed E-state index contributed by atoms with van der Waals surface area (Å²) in [4.78, 5) is 34.4. The third-order valence-corrected chi connectivity index (χ3v) is 6.76. The highest BCUT2D eigenvalue weighted by Crippen LogP contribution is 2.37. The van der Waals surface area contributed by atoms with Crippen LogP contribution in [0.15, 0.2) is 36.8 Å². The highest BCUT2D eigenvalue weighted by molar-refractivity contribution is 6.31. The molecule has 3 aromatic rings. The van der Waals surface area contributed by atoms with Gasteiger partial charge in [0, 0.05) is 28.6 Å². The zero-order valence-corrected chi connectivity index (χ0v) is 21.2. The number of hydrogen-bond donors (Lipinski definition) is 3. The van der Waals surface area contributed by atoms with E-state index in [1.165, 1.54) is 18.5 Å². The van der Waals surface area contributed by atoms with Crippen LogP contribution in [0.3, 0.4) is 0 Å². The molecule has 1 saturated carbocycles. The van der Waals surface area contributed by atoms with E-state index in [4.69, 9.17) is 16.3 Å². The highest BCUT2D eigenvalue weighted by atomic mass is 35.5. The standard InChI is InChI=1S/C25H29ClN4O6/c1-13-15-7-8-29(23(15)28-12-27-13)17-10-20(22(33)21(17)32)36-19-6-5-14(26)9-16(19)18(31)11-30(24(34)35)25(2,3)4/h5-9,12,17,20-22,32-33H,10-11H2,1-4H3,(H,34,35)/t17-,20+,21+,22-/m1/s1. The Morgan fingerprint density at radius 3 is 2.58 bits per heavy atom. The second kappa shape index (κ2) is 9.68. The number of rotatable bonds is 6. The monoisotopic (exact) mass is 516 g/mol. The van der Waals surface area contributed by atoms with Gasteiger partial charge < -0.3 is 24.6 Å². The molecule has 2 aromatic heterocycles. The Hall–Kier alpha value is -3.21. The van der Waals surface area contributed by atoms with Gasteiger partial charge in [-0.25, -0.2) is 14.8 Å². The molecule has 0 bridgehead atoms. The van der Waals surface area contributed by atoms with Crippen molar-refractivity contribution in [3.63, 3.8) is 0 Å². The maximum Gasteiger partial charge on any atom is 0.408 e. The van der Waals surface area contributed by atoms with Crippen molar-refractivity contribution in [3.8, 4) is 5.75 Å². The molecule has 2 heterocycles. The van der Waals surface area contributed by atoms with E-state index in [1.54, 1.807) is 37.6 Å². The Morgan fingerprint density at radius 1 is 1.19 bits per heavy atom. The number of amides is 1. The van der Waals surface area contributed by atoms with Crippen LogP contribution < -0.4 is 4.74 Å². The minimum Gasteiger partial charge on any atom is -0.487 e. The number of halogens is 1.